The van der Waals surface area contributed by atoms with Crippen LogP contribution in [0.15, 0.2) is 66.6 Å². The van der Waals surface area contributed by atoms with Gasteiger partial charge in [-0.2, -0.15) is 0 Å². The molecule has 4 nitrogen and oxygen atoms in total. The molecule has 2 aliphatic rings. The number of halogens is 2. The molecule has 2 amide bonds. The topological polar surface area (TPSA) is 40.6 Å². The Labute approximate surface area is 329 Å². The van der Waals surface area contributed by atoms with Crippen molar-refractivity contribution in [2.75, 3.05) is 13.1 Å². The van der Waals surface area contributed by atoms with E-state index >= 15 is 0 Å². The average Bonchev–Trinajstić information content (AvgIpc) is 3.97. The number of nitrogens with zero attached hydrogens (tertiary/aromatic N) is 2. The van der Waals surface area contributed by atoms with Crippen LogP contribution in [0.5, 0.6) is 0 Å². The number of unbranched alkanes of at least 4 members (excludes halogenated alkanes) is 2. The van der Waals surface area contributed by atoms with E-state index in [0.29, 0.717) is 36.1 Å². The van der Waals surface area contributed by atoms with Crippen LogP contribution in [0.1, 0.15) is 99.3 Å². The monoisotopic (exact) mass is 870 g/mol. The number of fused-ring (bicyclic) bond motifs is 1. The molecule has 0 fully saturated rings. The highest BCUT2D eigenvalue weighted by atomic mass is 79.9. The van der Waals surface area contributed by atoms with Gasteiger partial charge < -0.3 is 9.80 Å². The molecular weight excluding hydrogens is 829 g/mol. The molecule has 264 valence electrons. The van der Waals surface area contributed by atoms with Crippen molar-refractivity contribution in [2.24, 2.45) is 11.8 Å². The Bertz CT molecular complexity index is 1910. The second-order valence-electron chi connectivity index (χ2n) is 13.1. The molecule has 50 heavy (non-hydrogen) atoms. The maximum Gasteiger partial charge on any atom is 0.261 e. The lowest BCUT2D eigenvalue weighted by atomic mass is 9.98. The van der Waals surface area contributed by atoms with Gasteiger partial charge in [-0.3, -0.25) is 9.59 Å². The van der Waals surface area contributed by atoms with Crippen molar-refractivity contribution in [2.45, 2.75) is 79.1 Å². The van der Waals surface area contributed by atoms with E-state index in [9.17, 15) is 9.59 Å². The third kappa shape index (κ3) is 7.96. The first-order chi connectivity index (χ1) is 24.3. The second kappa shape index (κ2) is 17.2. The normalized spacial score (nSPS) is 16.2. The van der Waals surface area contributed by atoms with Gasteiger partial charge in [-0.05, 0) is 104 Å². The zero-order valence-electron chi connectivity index (χ0n) is 29.1. The molecule has 10 heteroatoms. The summed E-state index contributed by atoms with van der Waals surface area (Å²) in [4.78, 5) is 38.9. The molecule has 0 aromatic carbocycles. The number of hydrogen-bond donors (Lipinski definition) is 0. The van der Waals surface area contributed by atoms with Crippen LogP contribution in [-0.2, 0) is 9.59 Å². The minimum absolute atomic E-state index is 0.0180. The first-order valence-corrected chi connectivity index (χ1v) is 22.7. The van der Waals surface area contributed by atoms with Crippen molar-refractivity contribution in [3.05, 3.63) is 86.8 Å². The van der Waals surface area contributed by atoms with E-state index in [1.807, 2.05) is 21.2 Å². The van der Waals surface area contributed by atoms with Crippen molar-refractivity contribution < 1.29 is 9.59 Å². The average molecular weight is 873 g/mol. The zero-order chi connectivity index (χ0) is 35.4. The molecule has 0 spiro atoms. The Hall–Kier alpha value is -2.08. The van der Waals surface area contributed by atoms with Crippen LogP contribution in [0.3, 0.4) is 0 Å². The predicted molar refractivity (Wildman–Crippen MR) is 224 cm³/mol. The van der Waals surface area contributed by atoms with Gasteiger partial charge in [0.15, 0.2) is 0 Å². The quantitative estimate of drug-likeness (QED) is 0.106. The van der Waals surface area contributed by atoms with Crippen LogP contribution in [0.2, 0.25) is 0 Å². The molecular formula is C40H44Br2N2O2S4. The van der Waals surface area contributed by atoms with Gasteiger partial charge in [0.05, 0.1) is 39.9 Å². The van der Waals surface area contributed by atoms with E-state index in [0.717, 1.165) is 90.5 Å². The Morgan fingerprint density at radius 2 is 1.28 bits per heavy atom. The van der Waals surface area contributed by atoms with Crippen molar-refractivity contribution in [1.82, 2.24) is 9.80 Å². The maximum absolute atomic E-state index is 14.8. The lowest BCUT2D eigenvalue weighted by molar-refractivity contribution is -0.124. The molecule has 0 radical (unpaired) electrons. The van der Waals surface area contributed by atoms with Crippen molar-refractivity contribution >= 4 is 113 Å². The van der Waals surface area contributed by atoms with E-state index in [2.05, 4.69) is 108 Å². The van der Waals surface area contributed by atoms with Crippen LogP contribution in [-0.4, -0.2) is 34.7 Å². The molecule has 2 aliphatic heterocycles. The number of carbonyl (C=O) groups is 2. The molecule has 2 unspecified atom stereocenters. The molecule has 0 saturated heterocycles. The molecule has 0 aliphatic carbocycles. The molecule has 2 atom stereocenters. The second-order valence-corrected chi connectivity index (χ2v) is 20.0. The summed E-state index contributed by atoms with van der Waals surface area (Å²) >= 11 is 14.0. The Balaban J connectivity index is 1.41. The van der Waals surface area contributed by atoms with Gasteiger partial charge in [0.2, 0.25) is 0 Å². The number of hydrogen-bond acceptors (Lipinski definition) is 6. The summed E-state index contributed by atoms with van der Waals surface area (Å²) in [6, 6.07) is 14.8. The smallest absolute Gasteiger partial charge is 0.261 e. The van der Waals surface area contributed by atoms with Gasteiger partial charge in [-0.15, -0.1) is 45.3 Å². The minimum Gasteiger partial charge on any atom is -0.306 e. The van der Waals surface area contributed by atoms with E-state index in [1.54, 1.807) is 45.3 Å². The summed E-state index contributed by atoms with van der Waals surface area (Å²) in [5.74, 6) is 0.727. The summed E-state index contributed by atoms with van der Waals surface area (Å²) in [6.45, 7) is 10.2. The standard InChI is InChI=1S/C40H44Br2N2O2S4/c1-5-9-12-25(7-3)23-43-36(31-14-11-21-47-31)34-35(40(43)46)37(44(39(34)45)24-26(8-4)13-10-6-2)32-20-19-30(49-32)29-18-17-28(48-29)16-15-27-22-33(41)50-38(27)42/h11,14-22,25-26H,5-10,12-13,23-24H2,1-4H3/b16-15+. The summed E-state index contributed by atoms with van der Waals surface area (Å²) in [6.07, 6.45) is 13.0. The van der Waals surface area contributed by atoms with Gasteiger partial charge >= 0.3 is 0 Å². The minimum atomic E-state index is -0.0180. The first kappa shape index (κ1) is 37.7. The highest BCUT2D eigenvalue weighted by molar-refractivity contribution is 9.12. The third-order valence-electron chi connectivity index (χ3n) is 9.72. The zero-order valence-corrected chi connectivity index (χ0v) is 35.5. The van der Waals surface area contributed by atoms with Crippen LogP contribution in [0, 0.1) is 11.8 Å². The Morgan fingerprint density at radius 1 is 0.700 bits per heavy atom. The molecule has 0 N–H and O–H groups in total. The highest BCUT2D eigenvalue weighted by Crippen LogP contribution is 2.50. The fourth-order valence-corrected chi connectivity index (χ4v) is 12.4. The van der Waals surface area contributed by atoms with Crippen molar-refractivity contribution in [3.63, 3.8) is 0 Å². The number of carbonyl (C=O) groups excluding carboxylic acids is 2. The predicted octanol–water partition coefficient (Wildman–Crippen LogP) is 13.5. The fourth-order valence-electron chi connectivity index (χ4n) is 6.83. The van der Waals surface area contributed by atoms with Crippen LogP contribution < -0.4 is 0 Å². The summed E-state index contributed by atoms with van der Waals surface area (Å²) in [5, 5.41) is 2.05. The van der Waals surface area contributed by atoms with Crippen LogP contribution in [0.25, 0.3) is 33.3 Å². The molecule has 4 aromatic rings. The molecule has 6 rings (SSSR count). The van der Waals surface area contributed by atoms with E-state index in [4.69, 9.17) is 0 Å². The van der Waals surface area contributed by atoms with Crippen LogP contribution >= 0.6 is 77.2 Å². The lowest BCUT2D eigenvalue weighted by Gasteiger charge is -2.29. The largest absolute Gasteiger partial charge is 0.306 e. The van der Waals surface area contributed by atoms with Gasteiger partial charge in [0, 0.05) is 33.3 Å². The van der Waals surface area contributed by atoms with Gasteiger partial charge in [-0.25, -0.2) is 0 Å². The number of amides is 2. The third-order valence-corrected chi connectivity index (χ3v) is 15.3. The van der Waals surface area contributed by atoms with Gasteiger partial charge in [0.25, 0.3) is 11.8 Å². The molecule has 0 bridgehead atoms. The summed E-state index contributed by atoms with van der Waals surface area (Å²) in [5.41, 5.74) is 3.98. The van der Waals surface area contributed by atoms with Crippen LogP contribution in [0.4, 0.5) is 0 Å². The fraction of sp³-hybridized carbons (Fsp3) is 0.400. The molecule has 6 heterocycles. The Morgan fingerprint density at radius 3 is 1.82 bits per heavy atom. The molecule has 0 saturated carbocycles. The summed E-state index contributed by atoms with van der Waals surface area (Å²) < 4.78 is 2.20. The first-order valence-electron chi connectivity index (χ1n) is 17.8. The lowest BCUT2D eigenvalue weighted by Crippen LogP contribution is -2.34. The highest BCUT2D eigenvalue weighted by Gasteiger charge is 2.50. The number of rotatable bonds is 17. The number of thiophene rings is 4. The SMILES string of the molecule is CCCCC(CC)CN1C(=O)C2=C(c3ccc(-c4ccc(/C=C/c5cc(Br)sc5Br)s4)s3)N(CC(CC)CCCC)C(=O)C2=C1c1cccs1. The molecule has 4 aromatic heterocycles. The Kier molecular flexibility index (Phi) is 12.9. The summed E-state index contributed by atoms with van der Waals surface area (Å²) in [7, 11) is 0. The van der Waals surface area contributed by atoms with Crippen molar-refractivity contribution in [1.29, 1.82) is 0 Å². The van der Waals surface area contributed by atoms with Crippen molar-refractivity contribution in [3.8, 4) is 9.75 Å². The maximum atomic E-state index is 14.8. The van der Waals surface area contributed by atoms with Gasteiger partial charge in [-0.1, -0.05) is 78.4 Å². The van der Waals surface area contributed by atoms with E-state index in [1.165, 1.54) is 9.75 Å². The van der Waals surface area contributed by atoms with Gasteiger partial charge in [0.1, 0.15) is 0 Å². The van der Waals surface area contributed by atoms with E-state index in [-0.39, 0.29) is 11.8 Å². The van der Waals surface area contributed by atoms with E-state index < -0.39 is 0 Å².